The SMILES string of the molecule is N#[N+]c1ccncc1O. The molecule has 1 N–H and O–H groups in total. The topological polar surface area (TPSA) is 61.3 Å². The smallest absolute Gasteiger partial charge is 0.429 e. The summed E-state index contributed by atoms with van der Waals surface area (Å²) in [6, 6.07) is 1.40. The number of aromatic nitrogens is 1. The average Bonchev–Trinajstić information content (AvgIpc) is 1.89. The fourth-order valence-corrected chi connectivity index (χ4v) is 0.463. The summed E-state index contributed by atoms with van der Waals surface area (Å²) in [5.41, 5.74) is 0.130. The van der Waals surface area contributed by atoms with E-state index in [9.17, 15) is 0 Å². The normalized spacial score (nSPS) is 8.33. The van der Waals surface area contributed by atoms with Crippen molar-refractivity contribution in [1.82, 2.24) is 4.98 Å². The summed E-state index contributed by atoms with van der Waals surface area (Å²) in [7, 11) is 0. The average molecular weight is 122 g/mol. The standard InChI is InChI=1S/C5H3N3O/c6-8-4-1-2-7-3-5(4)9/h1-3H/p+1. The molecule has 0 saturated carbocycles. The lowest BCUT2D eigenvalue weighted by molar-refractivity contribution is 0.476. The minimum atomic E-state index is -0.125. The van der Waals surface area contributed by atoms with Crippen LogP contribution in [-0.4, -0.2) is 10.1 Å². The minimum Gasteiger partial charge on any atom is -0.500 e. The maximum Gasteiger partial charge on any atom is 0.429 e. The van der Waals surface area contributed by atoms with Gasteiger partial charge in [-0.25, -0.2) is 0 Å². The summed E-state index contributed by atoms with van der Waals surface area (Å²) in [5, 5.41) is 16.9. The molecule has 1 heterocycles. The number of nitrogens with zero attached hydrogens (tertiary/aromatic N) is 3. The second-order valence-electron chi connectivity index (χ2n) is 1.46. The molecule has 4 heteroatoms. The lowest BCUT2D eigenvalue weighted by atomic mass is 10.4. The van der Waals surface area contributed by atoms with Crippen LogP contribution < -0.4 is 0 Å². The van der Waals surface area contributed by atoms with Gasteiger partial charge in [0.05, 0.1) is 12.3 Å². The highest BCUT2D eigenvalue weighted by molar-refractivity contribution is 5.53. The molecule has 1 aromatic rings. The Balaban J connectivity index is 3.20. The Morgan fingerprint density at radius 2 is 2.44 bits per heavy atom. The summed E-state index contributed by atoms with van der Waals surface area (Å²) >= 11 is 0. The van der Waals surface area contributed by atoms with Gasteiger partial charge in [-0.15, -0.1) is 0 Å². The first-order valence-electron chi connectivity index (χ1n) is 2.32. The Morgan fingerprint density at radius 3 is 2.89 bits per heavy atom. The maximum atomic E-state index is 8.79. The van der Waals surface area contributed by atoms with Crippen molar-refractivity contribution in [3.63, 3.8) is 0 Å². The van der Waals surface area contributed by atoms with Crippen molar-refractivity contribution < 1.29 is 5.11 Å². The van der Waals surface area contributed by atoms with Crippen LogP contribution in [0.1, 0.15) is 0 Å². The third kappa shape index (κ3) is 0.941. The molecule has 0 unspecified atom stereocenters. The fraction of sp³-hybridized carbons (Fsp3) is 0. The zero-order chi connectivity index (χ0) is 6.69. The van der Waals surface area contributed by atoms with Crippen LogP contribution in [0.3, 0.4) is 0 Å². The zero-order valence-electron chi connectivity index (χ0n) is 4.52. The van der Waals surface area contributed by atoms with Gasteiger partial charge in [-0.1, -0.05) is 0 Å². The fourth-order valence-electron chi connectivity index (χ4n) is 0.463. The number of diazo groups is 1. The van der Waals surface area contributed by atoms with Crippen LogP contribution in [0.2, 0.25) is 0 Å². The molecule has 0 radical (unpaired) electrons. The van der Waals surface area contributed by atoms with Gasteiger partial charge in [0, 0.05) is 6.20 Å². The number of hydrogen-bond donors (Lipinski definition) is 1. The van der Waals surface area contributed by atoms with E-state index in [0.717, 1.165) is 0 Å². The van der Waals surface area contributed by atoms with Gasteiger partial charge in [0.25, 0.3) is 0 Å². The molecular weight excluding hydrogens is 118 g/mol. The second kappa shape index (κ2) is 2.09. The quantitative estimate of drug-likeness (QED) is 0.527. The van der Waals surface area contributed by atoms with Crippen LogP contribution >= 0.6 is 0 Å². The van der Waals surface area contributed by atoms with Crippen LogP contribution in [0.25, 0.3) is 4.98 Å². The van der Waals surface area contributed by atoms with Crippen LogP contribution in [-0.2, 0) is 0 Å². The van der Waals surface area contributed by atoms with Gasteiger partial charge < -0.3 is 5.11 Å². The first kappa shape index (κ1) is 5.51. The lowest BCUT2D eigenvalue weighted by Crippen LogP contribution is -1.67. The summed E-state index contributed by atoms with van der Waals surface area (Å²) < 4.78 is 0. The monoisotopic (exact) mass is 122 g/mol. The Kier molecular flexibility index (Phi) is 1.28. The van der Waals surface area contributed by atoms with Crippen molar-refractivity contribution in [2.24, 2.45) is 0 Å². The van der Waals surface area contributed by atoms with E-state index in [-0.39, 0.29) is 11.4 Å². The van der Waals surface area contributed by atoms with Gasteiger partial charge in [-0.3, -0.25) is 4.98 Å². The van der Waals surface area contributed by atoms with Crippen LogP contribution in [0.15, 0.2) is 18.5 Å². The van der Waals surface area contributed by atoms with E-state index in [1.807, 2.05) is 0 Å². The lowest BCUT2D eigenvalue weighted by Gasteiger charge is -1.79. The first-order valence-corrected chi connectivity index (χ1v) is 2.32. The van der Waals surface area contributed by atoms with E-state index >= 15 is 0 Å². The molecule has 4 nitrogen and oxygen atoms in total. The Labute approximate surface area is 51.4 Å². The second-order valence-corrected chi connectivity index (χ2v) is 1.46. The predicted molar refractivity (Wildman–Crippen MR) is 30.6 cm³/mol. The van der Waals surface area contributed by atoms with Gasteiger partial charge in [-0.05, 0) is 0 Å². The molecule has 44 valence electrons. The van der Waals surface area contributed by atoms with Crippen LogP contribution in [0.4, 0.5) is 5.69 Å². The summed E-state index contributed by atoms with van der Waals surface area (Å²) in [6.45, 7) is 0. The van der Waals surface area contributed by atoms with Gasteiger partial charge >= 0.3 is 5.69 Å². The van der Waals surface area contributed by atoms with Crippen molar-refractivity contribution in [1.29, 1.82) is 5.39 Å². The minimum absolute atomic E-state index is 0.125. The number of rotatable bonds is 0. The van der Waals surface area contributed by atoms with Crippen molar-refractivity contribution >= 4 is 5.69 Å². The van der Waals surface area contributed by atoms with E-state index < -0.39 is 0 Å². The van der Waals surface area contributed by atoms with Gasteiger partial charge in [0.15, 0.2) is 4.98 Å². The van der Waals surface area contributed by atoms with E-state index in [2.05, 4.69) is 9.96 Å². The number of aromatic hydroxyl groups is 1. The molecule has 0 aliphatic rings. The van der Waals surface area contributed by atoms with Crippen molar-refractivity contribution in [3.8, 4) is 5.75 Å². The Hall–Kier alpha value is -1.63. The molecule has 0 aliphatic heterocycles. The third-order valence-corrected chi connectivity index (χ3v) is 0.885. The van der Waals surface area contributed by atoms with Crippen molar-refractivity contribution in [2.45, 2.75) is 0 Å². The summed E-state index contributed by atoms with van der Waals surface area (Å²) in [6.07, 6.45) is 2.63. The van der Waals surface area contributed by atoms with E-state index in [0.29, 0.717) is 0 Å². The van der Waals surface area contributed by atoms with Crippen molar-refractivity contribution in [3.05, 3.63) is 23.4 Å². The summed E-state index contributed by atoms with van der Waals surface area (Å²) in [4.78, 5) is 6.35. The predicted octanol–water partition coefficient (Wildman–Crippen LogP) is 1.27. The molecule has 1 aromatic heterocycles. The maximum absolute atomic E-state index is 8.79. The molecular formula is C5H4N3O+. The highest BCUT2D eigenvalue weighted by Crippen LogP contribution is 2.22. The van der Waals surface area contributed by atoms with Gasteiger partial charge in [0.1, 0.15) is 0 Å². The van der Waals surface area contributed by atoms with Gasteiger partial charge in [0.2, 0.25) is 11.1 Å². The molecule has 0 spiro atoms. The van der Waals surface area contributed by atoms with Gasteiger partial charge in [-0.2, -0.15) is 0 Å². The number of hydrogen-bond acceptors (Lipinski definition) is 3. The molecule has 9 heavy (non-hydrogen) atoms. The summed E-state index contributed by atoms with van der Waals surface area (Å²) in [5.74, 6) is -0.125. The molecule has 0 bridgehead atoms. The molecule has 0 aromatic carbocycles. The molecule has 0 amide bonds. The number of pyridine rings is 1. The van der Waals surface area contributed by atoms with E-state index in [4.69, 9.17) is 10.5 Å². The van der Waals surface area contributed by atoms with E-state index in [1.54, 1.807) is 0 Å². The molecule has 0 aliphatic carbocycles. The Bertz CT molecular complexity index is 253. The zero-order valence-corrected chi connectivity index (χ0v) is 4.52. The molecule has 1 rings (SSSR count). The third-order valence-electron chi connectivity index (χ3n) is 0.885. The van der Waals surface area contributed by atoms with Crippen LogP contribution in [0.5, 0.6) is 5.75 Å². The highest BCUT2D eigenvalue weighted by atomic mass is 16.3. The highest BCUT2D eigenvalue weighted by Gasteiger charge is 2.09. The largest absolute Gasteiger partial charge is 0.500 e. The molecule has 0 saturated heterocycles. The Morgan fingerprint density at radius 1 is 1.67 bits per heavy atom. The molecule has 0 atom stereocenters. The van der Waals surface area contributed by atoms with E-state index in [1.165, 1.54) is 18.5 Å². The first-order chi connectivity index (χ1) is 4.34. The van der Waals surface area contributed by atoms with Crippen molar-refractivity contribution in [2.75, 3.05) is 0 Å². The van der Waals surface area contributed by atoms with Crippen LogP contribution in [0, 0.1) is 5.39 Å². The molecule has 0 fully saturated rings.